The third-order valence-corrected chi connectivity index (χ3v) is 4.69. The first-order valence-electron chi connectivity index (χ1n) is 9.09. The molecule has 1 aliphatic rings. The van der Waals surface area contributed by atoms with E-state index in [2.05, 4.69) is 15.2 Å². The molecule has 1 aliphatic carbocycles. The van der Waals surface area contributed by atoms with Crippen LogP contribution in [0.5, 0.6) is 0 Å². The number of nitrogens with zero attached hydrogens (tertiary/aromatic N) is 5. The summed E-state index contributed by atoms with van der Waals surface area (Å²) in [6, 6.07) is 7.84. The van der Waals surface area contributed by atoms with Crippen LogP contribution in [-0.4, -0.2) is 33.4 Å². The number of nitriles is 1. The Bertz CT molecular complexity index is 898. The predicted octanol–water partition coefficient (Wildman–Crippen LogP) is 3.75. The van der Waals surface area contributed by atoms with Crippen LogP contribution in [0.4, 0.5) is 15.0 Å². The molecule has 2 aromatic heterocycles. The Kier molecular flexibility index (Phi) is 5.27. The van der Waals surface area contributed by atoms with E-state index in [-0.39, 0.29) is 18.1 Å². The van der Waals surface area contributed by atoms with Crippen LogP contribution < -0.4 is 4.90 Å². The lowest BCUT2D eigenvalue weighted by molar-refractivity contribution is 0.0557. The lowest BCUT2D eigenvalue weighted by Gasteiger charge is -2.44. The van der Waals surface area contributed by atoms with Crippen molar-refractivity contribution < 1.29 is 13.9 Å². The first-order valence-corrected chi connectivity index (χ1v) is 9.09. The van der Waals surface area contributed by atoms with Crippen molar-refractivity contribution in [2.45, 2.75) is 51.0 Å². The summed E-state index contributed by atoms with van der Waals surface area (Å²) in [7, 11) is 0. The minimum absolute atomic E-state index is 0.141. The van der Waals surface area contributed by atoms with Crippen LogP contribution >= 0.6 is 0 Å². The molecule has 28 heavy (non-hydrogen) atoms. The normalized spacial score (nSPS) is 15.2. The molecule has 146 valence electrons. The minimum atomic E-state index is -0.710. The maximum Gasteiger partial charge on any atom is 0.416 e. The zero-order chi connectivity index (χ0) is 20.4. The molecule has 0 unspecified atom stereocenters. The number of pyridine rings is 1. The fourth-order valence-corrected chi connectivity index (χ4v) is 3.24. The molecule has 0 spiro atoms. The number of hydrogen-bond donors (Lipinski definition) is 0. The van der Waals surface area contributed by atoms with Crippen LogP contribution in [0.3, 0.4) is 0 Å². The van der Waals surface area contributed by atoms with Crippen LogP contribution in [-0.2, 0) is 10.2 Å². The third-order valence-electron chi connectivity index (χ3n) is 4.69. The number of hydrogen-bond acceptors (Lipinski definition) is 6. The van der Waals surface area contributed by atoms with Gasteiger partial charge in [-0.25, -0.2) is 9.18 Å². The van der Waals surface area contributed by atoms with Gasteiger partial charge in [-0.15, -0.1) is 10.2 Å². The van der Waals surface area contributed by atoms with Gasteiger partial charge in [0.2, 0.25) is 0 Å². The second-order valence-electron chi connectivity index (χ2n) is 7.92. The molecule has 1 fully saturated rings. The predicted molar refractivity (Wildman–Crippen MR) is 100 cm³/mol. The number of halogens is 1. The Morgan fingerprint density at radius 3 is 2.57 bits per heavy atom. The standard InChI is InChI=1S/C20H22FN5O2/c1-19(2,3)28-18(27)26(16-8-7-14(12-22)24-25-16)13-20(9-5-10-20)17-15(21)6-4-11-23-17/h4,6-8,11H,5,9-10,13H2,1-3H3. The summed E-state index contributed by atoms with van der Waals surface area (Å²) < 4.78 is 20.0. The highest BCUT2D eigenvalue weighted by Gasteiger charge is 2.45. The fraction of sp³-hybridized carbons (Fsp3) is 0.450. The first kappa shape index (κ1) is 19.7. The highest BCUT2D eigenvalue weighted by molar-refractivity contribution is 5.87. The van der Waals surface area contributed by atoms with Crippen LogP contribution in [0, 0.1) is 17.1 Å². The average Bonchev–Trinajstić information content (AvgIpc) is 2.61. The van der Waals surface area contributed by atoms with Gasteiger partial charge >= 0.3 is 6.09 Å². The van der Waals surface area contributed by atoms with E-state index in [1.807, 2.05) is 6.07 Å². The smallest absolute Gasteiger partial charge is 0.416 e. The van der Waals surface area contributed by atoms with E-state index in [0.29, 0.717) is 18.5 Å². The molecule has 0 atom stereocenters. The van der Waals surface area contributed by atoms with Crippen molar-refractivity contribution in [3.63, 3.8) is 0 Å². The van der Waals surface area contributed by atoms with Gasteiger partial charge in [-0.1, -0.05) is 6.42 Å². The quantitative estimate of drug-likeness (QED) is 0.798. The van der Waals surface area contributed by atoms with Crippen molar-refractivity contribution in [1.29, 1.82) is 5.26 Å². The summed E-state index contributed by atoms with van der Waals surface area (Å²) in [5.41, 5.74) is -0.839. The number of anilines is 1. The molecule has 1 amide bonds. The number of ether oxygens (including phenoxy) is 1. The van der Waals surface area contributed by atoms with E-state index < -0.39 is 22.9 Å². The van der Waals surface area contributed by atoms with Gasteiger partial charge in [-0.05, 0) is 57.9 Å². The van der Waals surface area contributed by atoms with Gasteiger partial charge in [0.25, 0.3) is 0 Å². The first-order chi connectivity index (χ1) is 13.2. The summed E-state index contributed by atoms with van der Waals surface area (Å²) in [4.78, 5) is 18.5. The zero-order valence-electron chi connectivity index (χ0n) is 16.1. The number of amides is 1. The molecule has 1 saturated carbocycles. The highest BCUT2D eigenvalue weighted by Crippen LogP contribution is 2.45. The molecule has 0 radical (unpaired) electrons. The minimum Gasteiger partial charge on any atom is -0.443 e. The molecular weight excluding hydrogens is 361 g/mol. The Morgan fingerprint density at radius 2 is 2.07 bits per heavy atom. The highest BCUT2D eigenvalue weighted by atomic mass is 19.1. The van der Waals surface area contributed by atoms with Gasteiger partial charge in [-0.3, -0.25) is 9.88 Å². The second-order valence-corrected chi connectivity index (χ2v) is 7.92. The molecule has 8 heteroatoms. The molecule has 0 saturated heterocycles. The van der Waals surface area contributed by atoms with Crippen LogP contribution in [0.25, 0.3) is 0 Å². The fourth-order valence-electron chi connectivity index (χ4n) is 3.24. The van der Waals surface area contributed by atoms with Gasteiger partial charge in [0.1, 0.15) is 17.5 Å². The number of carbonyl (C=O) groups is 1. The Hall–Kier alpha value is -3.08. The molecule has 2 aromatic rings. The Morgan fingerprint density at radius 1 is 1.32 bits per heavy atom. The van der Waals surface area contributed by atoms with Gasteiger partial charge in [0, 0.05) is 18.2 Å². The van der Waals surface area contributed by atoms with Crippen LogP contribution in [0.1, 0.15) is 51.4 Å². The average molecular weight is 383 g/mol. The van der Waals surface area contributed by atoms with Crippen molar-refractivity contribution in [2.75, 3.05) is 11.4 Å². The molecule has 3 rings (SSSR count). The summed E-state index contributed by atoms with van der Waals surface area (Å²) in [5.74, 6) is -0.145. The maximum atomic E-state index is 14.5. The van der Waals surface area contributed by atoms with Crippen molar-refractivity contribution >= 4 is 11.9 Å². The van der Waals surface area contributed by atoms with Crippen molar-refractivity contribution in [1.82, 2.24) is 15.2 Å². The molecule has 0 aliphatic heterocycles. The number of carbonyl (C=O) groups excluding carboxylic acids is 1. The topological polar surface area (TPSA) is 92.0 Å². The summed E-state index contributed by atoms with van der Waals surface area (Å²) in [6.45, 7) is 5.47. The van der Waals surface area contributed by atoms with E-state index >= 15 is 0 Å². The van der Waals surface area contributed by atoms with Gasteiger partial charge < -0.3 is 4.74 Å². The SMILES string of the molecule is CC(C)(C)OC(=O)N(CC1(c2ncccc2F)CCC1)c1ccc(C#N)nn1. The number of aromatic nitrogens is 3. The monoisotopic (exact) mass is 383 g/mol. The summed E-state index contributed by atoms with van der Waals surface area (Å²) >= 11 is 0. The van der Waals surface area contributed by atoms with Gasteiger partial charge in [0.05, 0.1) is 5.69 Å². The summed E-state index contributed by atoms with van der Waals surface area (Å²) in [6.07, 6.45) is 3.26. The van der Waals surface area contributed by atoms with E-state index in [0.717, 1.165) is 6.42 Å². The van der Waals surface area contributed by atoms with E-state index in [4.69, 9.17) is 10.00 Å². The Balaban J connectivity index is 1.97. The van der Waals surface area contributed by atoms with E-state index in [1.165, 1.54) is 23.1 Å². The van der Waals surface area contributed by atoms with E-state index in [9.17, 15) is 9.18 Å². The Labute approximate surface area is 163 Å². The summed E-state index contributed by atoms with van der Waals surface area (Å²) in [5, 5.41) is 16.7. The second kappa shape index (κ2) is 7.50. The van der Waals surface area contributed by atoms with Crippen LogP contribution in [0.2, 0.25) is 0 Å². The molecule has 0 aromatic carbocycles. The number of rotatable bonds is 4. The van der Waals surface area contributed by atoms with E-state index in [1.54, 1.807) is 33.0 Å². The van der Waals surface area contributed by atoms with Gasteiger partial charge in [-0.2, -0.15) is 5.26 Å². The zero-order valence-corrected chi connectivity index (χ0v) is 16.1. The van der Waals surface area contributed by atoms with Crippen LogP contribution in [0.15, 0.2) is 30.5 Å². The third kappa shape index (κ3) is 4.09. The molecular formula is C20H22FN5O2. The molecule has 7 nitrogen and oxygen atoms in total. The van der Waals surface area contributed by atoms with Crippen molar-refractivity contribution in [3.05, 3.63) is 47.7 Å². The largest absolute Gasteiger partial charge is 0.443 e. The van der Waals surface area contributed by atoms with Crippen molar-refractivity contribution in [3.8, 4) is 6.07 Å². The molecule has 0 bridgehead atoms. The van der Waals surface area contributed by atoms with Crippen molar-refractivity contribution in [2.24, 2.45) is 0 Å². The lowest BCUT2D eigenvalue weighted by Crippen LogP contribution is -2.50. The lowest BCUT2D eigenvalue weighted by atomic mass is 9.66. The molecule has 0 N–H and O–H groups in total. The van der Waals surface area contributed by atoms with Gasteiger partial charge in [0.15, 0.2) is 11.5 Å². The molecule has 2 heterocycles. The maximum absolute atomic E-state index is 14.5.